The molecule has 0 spiro atoms. The molecule has 0 bridgehead atoms. The summed E-state index contributed by atoms with van der Waals surface area (Å²) < 4.78 is 12.6. The van der Waals surface area contributed by atoms with Crippen LogP contribution >= 0.6 is 15.9 Å². The maximum Gasteiger partial charge on any atom is 0.271 e. The first kappa shape index (κ1) is 24.9. The number of hydrazone groups is 1. The predicted molar refractivity (Wildman–Crippen MR) is 130 cm³/mol. The van der Waals surface area contributed by atoms with Gasteiger partial charge in [0.25, 0.3) is 5.91 Å². The highest BCUT2D eigenvalue weighted by atomic mass is 79.9. The third kappa shape index (κ3) is 8.74. The van der Waals surface area contributed by atoms with Crippen molar-refractivity contribution < 1.29 is 14.3 Å². The average molecular weight is 489 g/mol. The fourth-order valence-corrected chi connectivity index (χ4v) is 3.63. The molecule has 1 N–H and O–H groups in total. The van der Waals surface area contributed by atoms with Crippen LogP contribution in [0.2, 0.25) is 0 Å². The van der Waals surface area contributed by atoms with Crippen LogP contribution in [0, 0.1) is 6.92 Å². The van der Waals surface area contributed by atoms with Crippen molar-refractivity contribution in [3.05, 3.63) is 57.6 Å². The van der Waals surface area contributed by atoms with Crippen molar-refractivity contribution in [1.82, 2.24) is 5.43 Å². The number of carbonyl (C=O) groups is 1. The number of hydrogen-bond acceptors (Lipinski definition) is 4. The van der Waals surface area contributed by atoms with Crippen molar-refractivity contribution >= 4 is 28.1 Å². The first-order chi connectivity index (χ1) is 15.0. The van der Waals surface area contributed by atoms with Crippen LogP contribution in [-0.4, -0.2) is 25.3 Å². The topological polar surface area (TPSA) is 59.9 Å². The van der Waals surface area contributed by atoms with Crippen LogP contribution < -0.4 is 14.9 Å². The number of ether oxygens (including phenoxy) is 2. The number of nitrogens with one attached hydrogen (secondary N) is 1. The van der Waals surface area contributed by atoms with E-state index in [9.17, 15) is 4.79 Å². The molecule has 0 saturated heterocycles. The molecule has 0 radical (unpaired) electrons. The first-order valence-electron chi connectivity index (χ1n) is 11.0. The van der Waals surface area contributed by atoms with Gasteiger partial charge in [0.05, 0.1) is 23.9 Å². The lowest BCUT2D eigenvalue weighted by Gasteiger charge is -2.14. The zero-order chi connectivity index (χ0) is 22.5. The molecule has 2 aromatic carbocycles. The minimum atomic E-state index is -0.251. The van der Waals surface area contributed by atoms with Gasteiger partial charge in [0.15, 0.2) is 11.5 Å². The molecular formula is C25H33BrN2O3. The fourth-order valence-electron chi connectivity index (χ4n) is 3.06. The van der Waals surface area contributed by atoms with Crippen LogP contribution in [-0.2, 0) is 0 Å². The van der Waals surface area contributed by atoms with Crippen LogP contribution in [0.15, 0.2) is 46.0 Å². The van der Waals surface area contributed by atoms with Gasteiger partial charge in [0.2, 0.25) is 0 Å². The molecule has 0 aliphatic rings. The number of carbonyl (C=O) groups excluding carboxylic acids is 1. The third-order valence-corrected chi connectivity index (χ3v) is 5.36. The lowest BCUT2D eigenvalue weighted by molar-refractivity contribution is 0.0955. The Bertz CT molecular complexity index is 851. The maximum atomic E-state index is 12.2. The Labute approximate surface area is 194 Å². The summed E-state index contributed by atoms with van der Waals surface area (Å²) in [5, 5.41) is 4.08. The van der Waals surface area contributed by atoms with Gasteiger partial charge in [0, 0.05) is 5.56 Å². The van der Waals surface area contributed by atoms with Gasteiger partial charge in [0.1, 0.15) is 0 Å². The van der Waals surface area contributed by atoms with Crippen molar-refractivity contribution in [3.63, 3.8) is 0 Å². The zero-order valence-corrected chi connectivity index (χ0v) is 20.3. The number of rotatable bonds is 13. The summed E-state index contributed by atoms with van der Waals surface area (Å²) in [6.07, 6.45) is 8.89. The molecule has 6 heteroatoms. The van der Waals surface area contributed by atoms with Gasteiger partial charge in [-0.3, -0.25) is 4.79 Å². The van der Waals surface area contributed by atoms with Gasteiger partial charge < -0.3 is 9.47 Å². The number of nitrogens with zero attached hydrogens (tertiary/aromatic N) is 1. The second-order valence-electron chi connectivity index (χ2n) is 7.44. The molecule has 31 heavy (non-hydrogen) atoms. The standard InChI is InChI=1S/C25H33BrN2O3/c1-4-6-7-8-9-10-15-31-24-22(26)16-20(17-23(24)30-5-2)18-27-28-25(29)21-13-11-19(3)12-14-21/h11-14,16-18H,4-10,15H2,1-3H3,(H,28,29). The zero-order valence-electron chi connectivity index (χ0n) is 18.7. The van der Waals surface area contributed by atoms with E-state index in [2.05, 4.69) is 33.4 Å². The van der Waals surface area contributed by atoms with E-state index in [-0.39, 0.29) is 5.91 Å². The second-order valence-corrected chi connectivity index (χ2v) is 8.30. The summed E-state index contributed by atoms with van der Waals surface area (Å²) in [6.45, 7) is 7.33. The molecule has 0 saturated carbocycles. The third-order valence-electron chi connectivity index (χ3n) is 4.77. The Morgan fingerprint density at radius 3 is 2.45 bits per heavy atom. The monoisotopic (exact) mass is 488 g/mol. The van der Waals surface area contributed by atoms with Crippen LogP contribution in [0.25, 0.3) is 0 Å². The molecule has 5 nitrogen and oxygen atoms in total. The molecule has 2 rings (SSSR count). The molecule has 0 aromatic heterocycles. The highest BCUT2D eigenvalue weighted by Crippen LogP contribution is 2.36. The van der Waals surface area contributed by atoms with Crippen LogP contribution in [0.1, 0.15) is 73.9 Å². The smallest absolute Gasteiger partial charge is 0.271 e. The largest absolute Gasteiger partial charge is 0.490 e. The van der Waals surface area contributed by atoms with Crippen LogP contribution in [0.5, 0.6) is 11.5 Å². The predicted octanol–water partition coefficient (Wildman–Crippen LogP) is 6.66. The Morgan fingerprint density at radius 2 is 1.74 bits per heavy atom. The summed E-state index contributed by atoms with van der Waals surface area (Å²) in [5.41, 5.74) is 5.03. The molecule has 0 heterocycles. The Morgan fingerprint density at radius 1 is 1.03 bits per heavy atom. The molecule has 0 atom stereocenters. The lowest BCUT2D eigenvalue weighted by Crippen LogP contribution is -2.17. The quantitative estimate of drug-likeness (QED) is 0.195. The van der Waals surface area contributed by atoms with E-state index in [0.717, 1.165) is 22.0 Å². The number of amides is 1. The van der Waals surface area contributed by atoms with E-state index >= 15 is 0 Å². The molecule has 0 unspecified atom stereocenters. The number of hydrogen-bond donors (Lipinski definition) is 1. The summed E-state index contributed by atoms with van der Waals surface area (Å²) in [6, 6.07) is 11.1. The normalized spacial score (nSPS) is 11.0. The highest BCUT2D eigenvalue weighted by molar-refractivity contribution is 9.10. The van der Waals surface area contributed by atoms with Crippen molar-refractivity contribution in [3.8, 4) is 11.5 Å². The van der Waals surface area contributed by atoms with E-state index in [4.69, 9.17) is 9.47 Å². The molecule has 1 amide bonds. The van der Waals surface area contributed by atoms with E-state index < -0.39 is 0 Å². The summed E-state index contributed by atoms with van der Waals surface area (Å²) >= 11 is 3.58. The van der Waals surface area contributed by atoms with Crippen molar-refractivity contribution in [2.75, 3.05) is 13.2 Å². The van der Waals surface area contributed by atoms with Crippen molar-refractivity contribution in [1.29, 1.82) is 0 Å². The Hall–Kier alpha value is -2.34. The van der Waals surface area contributed by atoms with Gasteiger partial charge in [-0.2, -0.15) is 5.10 Å². The number of benzene rings is 2. The Kier molecular flexibility index (Phi) is 11.1. The fraction of sp³-hybridized carbons (Fsp3) is 0.440. The molecule has 2 aromatic rings. The van der Waals surface area contributed by atoms with Crippen molar-refractivity contribution in [2.24, 2.45) is 5.10 Å². The summed E-state index contributed by atoms with van der Waals surface area (Å²) in [7, 11) is 0. The van der Waals surface area contributed by atoms with E-state index in [1.54, 1.807) is 18.3 Å². The maximum absolute atomic E-state index is 12.2. The summed E-state index contributed by atoms with van der Waals surface area (Å²) in [5.74, 6) is 1.12. The minimum Gasteiger partial charge on any atom is -0.490 e. The van der Waals surface area contributed by atoms with E-state index in [1.165, 1.54) is 32.1 Å². The molecule has 0 fully saturated rings. The van der Waals surface area contributed by atoms with Gasteiger partial charge in [-0.1, -0.05) is 56.7 Å². The number of aryl methyl sites for hydroxylation is 1. The second kappa shape index (κ2) is 13.9. The van der Waals surface area contributed by atoms with Gasteiger partial charge in [-0.25, -0.2) is 5.43 Å². The highest BCUT2D eigenvalue weighted by Gasteiger charge is 2.12. The SMILES string of the molecule is CCCCCCCCOc1c(Br)cc(C=NNC(=O)c2ccc(C)cc2)cc1OCC. The molecule has 0 aliphatic carbocycles. The summed E-state index contributed by atoms with van der Waals surface area (Å²) in [4.78, 5) is 12.2. The lowest BCUT2D eigenvalue weighted by atomic mass is 10.1. The van der Waals surface area contributed by atoms with Crippen LogP contribution in [0.4, 0.5) is 0 Å². The van der Waals surface area contributed by atoms with Crippen molar-refractivity contribution in [2.45, 2.75) is 59.3 Å². The van der Waals surface area contributed by atoms with E-state index in [0.29, 0.717) is 30.3 Å². The van der Waals surface area contributed by atoms with Gasteiger partial charge in [-0.05, 0) is 66.0 Å². The van der Waals surface area contributed by atoms with Gasteiger partial charge >= 0.3 is 0 Å². The molecule has 168 valence electrons. The Balaban J connectivity index is 1.95. The first-order valence-corrected chi connectivity index (χ1v) is 11.8. The number of halogens is 1. The molecular weight excluding hydrogens is 456 g/mol. The average Bonchev–Trinajstić information content (AvgIpc) is 2.75. The van der Waals surface area contributed by atoms with E-state index in [1.807, 2.05) is 38.1 Å². The minimum absolute atomic E-state index is 0.251. The van der Waals surface area contributed by atoms with Gasteiger partial charge in [-0.15, -0.1) is 0 Å². The van der Waals surface area contributed by atoms with Crippen LogP contribution in [0.3, 0.4) is 0 Å². The molecule has 0 aliphatic heterocycles. The number of unbranched alkanes of at least 4 members (excludes halogenated alkanes) is 5.